The number of likely N-dealkylation sites (tertiary alicyclic amines) is 1. The monoisotopic (exact) mass is 524 g/mol. The molecule has 1 aliphatic rings. The highest BCUT2D eigenvalue weighted by molar-refractivity contribution is 14.0. The fourth-order valence-corrected chi connectivity index (χ4v) is 3.49. The molecule has 1 aromatic carbocycles. The lowest BCUT2D eigenvalue weighted by Crippen LogP contribution is -2.40. The van der Waals surface area contributed by atoms with E-state index in [1.165, 1.54) is 11.1 Å². The number of nitrogens with one attached hydrogen (secondary N) is 1. The number of nitrogens with zero attached hydrogens (tertiary/aromatic N) is 3. The van der Waals surface area contributed by atoms with Crippen molar-refractivity contribution in [3.63, 3.8) is 0 Å². The molecule has 164 valence electrons. The van der Waals surface area contributed by atoms with E-state index in [-0.39, 0.29) is 24.0 Å². The maximum atomic E-state index is 5.95. The summed E-state index contributed by atoms with van der Waals surface area (Å²) < 4.78 is 11.3. The minimum Gasteiger partial charge on any atom is -0.439 e. The van der Waals surface area contributed by atoms with Crippen molar-refractivity contribution in [1.29, 1.82) is 0 Å². The summed E-state index contributed by atoms with van der Waals surface area (Å²) in [5, 5.41) is 3.41. The number of aryl methyl sites for hydroxylation is 2. The van der Waals surface area contributed by atoms with Gasteiger partial charge in [0, 0.05) is 44.9 Å². The molecule has 1 aliphatic heterocycles. The Kier molecular flexibility index (Phi) is 9.84. The highest BCUT2D eigenvalue weighted by atomic mass is 127. The number of methoxy groups -OCH3 is 1. The van der Waals surface area contributed by atoms with Gasteiger partial charge < -0.3 is 19.7 Å². The second-order valence-corrected chi connectivity index (χ2v) is 7.58. The number of rotatable bonds is 7. The van der Waals surface area contributed by atoms with E-state index in [1.54, 1.807) is 13.3 Å². The summed E-state index contributed by atoms with van der Waals surface area (Å²) in [6.45, 7) is 10.5. The Morgan fingerprint density at radius 3 is 2.80 bits per heavy atom. The van der Waals surface area contributed by atoms with Crippen LogP contribution < -0.4 is 10.1 Å². The van der Waals surface area contributed by atoms with E-state index in [9.17, 15) is 0 Å². The SMILES string of the molecule is CCNC(=NCc1ccnc(Oc2ccc(C)c(C)c2)c1)N1CCC(COC)C1.I. The summed E-state index contributed by atoms with van der Waals surface area (Å²) in [4.78, 5) is 11.5. The van der Waals surface area contributed by atoms with Gasteiger partial charge in [0.1, 0.15) is 5.75 Å². The highest BCUT2D eigenvalue weighted by Crippen LogP contribution is 2.23. The lowest BCUT2D eigenvalue weighted by Gasteiger charge is -2.21. The van der Waals surface area contributed by atoms with Gasteiger partial charge in [-0.2, -0.15) is 0 Å². The molecule has 3 rings (SSSR count). The van der Waals surface area contributed by atoms with Crippen LogP contribution in [0.3, 0.4) is 0 Å². The Bertz CT molecular complexity index is 844. The average Bonchev–Trinajstić information content (AvgIpc) is 3.17. The third-order valence-electron chi connectivity index (χ3n) is 5.23. The Hall–Kier alpha value is -1.87. The number of hydrogen-bond donors (Lipinski definition) is 1. The van der Waals surface area contributed by atoms with Crippen LogP contribution in [0.1, 0.15) is 30.0 Å². The van der Waals surface area contributed by atoms with E-state index in [0.29, 0.717) is 18.3 Å². The number of ether oxygens (including phenoxy) is 2. The van der Waals surface area contributed by atoms with Crippen molar-refractivity contribution >= 4 is 29.9 Å². The largest absolute Gasteiger partial charge is 0.439 e. The zero-order valence-electron chi connectivity index (χ0n) is 18.4. The quantitative estimate of drug-likeness (QED) is 0.328. The van der Waals surface area contributed by atoms with Gasteiger partial charge in [-0.3, -0.25) is 0 Å². The lowest BCUT2D eigenvalue weighted by molar-refractivity contribution is 0.157. The number of benzene rings is 1. The molecule has 1 saturated heterocycles. The molecule has 0 bridgehead atoms. The zero-order valence-corrected chi connectivity index (χ0v) is 20.7. The fraction of sp³-hybridized carbons (Fsp3) is 0.478. The number of guanidine groups is 1. The van der Waals surface area contributed by atoms with E-state index < -0.39 is 0 Å². The van der Waals surface area contributed by atoms with Gasteiger partial charge in [-0.25, -0.2) is 9.98 Å². The lowest BCUT2D eigenvalue weighted by atomic mass is 10.1. The second kappa shape index (κ2) is 12.1. The maximum absolute atomic E-state index is 5.95. The Labute approximate surface area is 197 Å². The first-order chi connectivity index (χ1) is 14.1. The first-order valence-corrected chi connectivity index (χ1v) is 10.3. The van der Waals surface area contributed by atoms with Gasteiger partial charge in [-0.15, -0.1) is 24.0 Å². The third-order valence-corrected chi connectivity index (χ3v) is 5.23. The number of pyridine rings is 1. The van der Waals surface area contributed by atoms with Crippen molar-refractivity contribution in [3.8, 4) is 11.6 Å². The molecule has 2 heterocycles. The van der Waals surface area contributed by atoms with Gasteiger partial charge in [0.05, 0.1) is 13.2 Å². The van der Waals surface area contributed by atoms with Gasteiger partial charge in [0.2, 0.25) is 5.88 Å². The summed E-state index contributed by atoms with van der Waals surface area (Å²) in [6.07, 6.45) is 2.92. The molecule has 0 spiro atoms. The summed E-state index contributed by atoms with van der Waals surface area (Å²) >= 11 is 0. The van der Waals surface area contributed by atoms with Gasteiger partial charge in [0.25, 0.3) is 0 Å². The molecule has 1 unspecified atom stereocenters. The number of hydrogen-bond acceptors (Lipinski definition) is 4. The van der Waals surface area contributed by atoms with Crippen molar-refractivity contribution in [3.05, 3.63) is 53.2 Å². The van der Waals surface area contributed by atoms with E-state index in [2.05, 4.69) is 42.0 Å². The minimum absolute atomic E-state index is 0. The van der Waals surface area contributed by atoms with Gasteiger partial charge >= 0.3 is 0 Å². The minimum atomic E-state index is 0. The Morgan fingerprint density at radius 2 is 2.07 bits per heavy atom. The first kappa shape index (κ1) is 24.4. The standard InChI is InChI=1S/C23H32N4O2.HI/c1-5-24-23(27-11-9-20(15-27)16-28-4)26-14-19-8-10-25-22(13-19)29-21-7-6-17(2)18(3)12-21;/h6-8,10,12-13,20H,5,9,11,14-16H2,1-4H3,(H,24,26);1H. The summed E-state index contributed by atoms with van der Waals surface area (Å²) in [6, 6.07) is 10.0. The van der Waals surface area contributed by atoms with Crippen molar-refractivity contribution < 1.29 is 9.47 Å². The Balaban J connectivity index is 0.00000320. The predicted octanol–water partition coefficient (Wildman–Crippen LogP) is 4.54. The van der Waals surface area contributed by atoms with E-state index >= 15 is 0 Å². The normalized spacial score (nSPS) is 16.3. The van der Waals surface area contributed by atoms with Gasteiger partial charge in [-0.1, -0.05) is 6.07 Å². The molecule has 0 saturated carbocycles. The second-order valence-electron chi connectivity index (χ2n) is 7.58. The number of halogens is 1. The van der Waals surface area contributed by atoms with Crippen molar-refractivity contribution in [2.24, 2.45) is 10.9 Å². The molecule has 7 heteroatoms. The maximum Gasteiger partial charge on any atom is 0.219 e. The van der Waals surface area contributed by atoms with Crippen LogP contribution in [-0.2, 0) is 11.3 Å². The molecule has 0 radical (unpaired) electrons. The Morgan fingerprint density at radius 1 is 1.23 bits per heavy atom. The third kappa shape index (κ3) is 6.84. The van der Waals surface area contributed by atoms with Crippen molar-refractivity contribution in [2.75, 3.05) is 33.4 Å². The van der Waals surface area contributed by atoms with Crippen molar-refractivity contribution in [1.82, 2.24) is 15.2 Å². The van der Waals surface area contributed by atoms with Crippen LogP contribution in [0.4, 0.5) is 0 Å². The smallest absolute Gasteiger partial charge is 0.219 e. The van der Waals surface area contributed by atoms with E-state index in [1.807, 2.05) is 24.3 Å². The molecular weight excluding hydrogens is 491 g/mol. The van der Waals surface area contributed by atoms with Crippen LogP contribution in [-0.4, -0.2) is 49.2 Å². The van der Waals surface area contributed by atoms with Crippen LogP contribution in [0.2, 0.25) is 0 Å². The number of aromatic nitrogens is 1. The van der Waals surface area contributed by atoms with Crippen LogP contribution >= 0.6 is 24.0 Å². The molecule has 30 heavy (non-hydrogen) atoms. The highest BCUT2D eigenvalue weighted by Gasteiger charge is 2.24. The fourth-order valence-electron chi connectivity index (χ4n) is 3.49. The summed E-state index contributed by atoms with van der Waals surface area (Å²) in [7, 11) is 1.77. The van der Waals surface area contributed by atoms with E-state index in [4.69, 9.17) is 14.5 Å². The van der Waals surface area contributed by atoms with Crippen LogP contribution in [0, 0.1) is 19.8 Å². The molecular formula is C23H33IN4O2. The molecule has 6 nitrogen and oxygen atoms in total. The molecule has 1 N–H and O–H groups in total. The molecule has 0 aliphatic carbocycles. The van der Waals surface area contributed by atoms with Crippen LogP contribution in [0.5, 0.6) is 11.6 Å². The molecule has 2 aromatic rings. The summed E-state index contributed by atoms with van der Waals surface area (Å²) in [5.41, 5.74) is 3.52. The van der Waals surface area contributed by atoms with Crippen molar-refractivity contribution in [2.45, 2.75) is 33.7 Å². The van der Waals surface area contributed by atoms with Gasteiger partial charge in [-0.05, 0) is 62.1 Å². The predicted molar refractivity (Wildman–Crippen MR) is 132 cm³/mol. The topological polar surface area (TPSA) is 59.0 Å². The molecule has 1 atom stereocenters. The van der Waals surface area contributed by atoms with E-state index in [0.717, 1.165) is 49.9 Å². The first-order valence-electron chi connectivity index (χ1n) is 10.3. The molecule has 0 amide bonds. The van der Waals surface area contributed by atoms with Crippen LogP contribution in [0.15, 0.2) is 41.5 Å². The van der Waals surface area contributed by atoms with Crippen LogP contribution in [0.25, 0.3) is 0 Å². The average molecular weight is 524 g/mol. The molecule has 1 aromatic heterocycles. The number of aliphatic imine (C=N–C) groups is 1. The van der Waals surface area contributed by atoms with Gasteiger partial charge in [0.15, 0.2) is 5.96 Å². The zero-order chi connectivity index (χ0) is 20.6. The molecule has 1 fully saturated rings. The summed E-state index contributed by atoms with van der Waals surface area (Å²) in [5.74, 6) is 2.92.